The fraction of sp³-hybridized carbons (Fsp3) is 0.484. The molecule has 342 valence electrons. The van der Waals surface area contributed by atoms with E-state index in [0.29, 0.717) is 5.92 Å². The van der Waals surface area contributed by atoms with Gasteiger partial charge in [0, 0.05) is 43.3 Å². The van der Waals surface area contributed by atoms with Crippen molar-refractivity contribution in [2.75, 3.05) is 9.80 Å². The largest absolute Gasteiger partial charge is 0.311 e. The van der Waals surface area contributed by atoms with Crippen molar-refractivity contribution in [3.63, 3.8) is 0 Å². The second-order valence-corrected chi connectivity index (χ2v) is 27.3. The SMILES string of the molecule is CC(C)(C)c1ccc(N2c3cc(C4CCCCC4)cc4c3B(c3cc5c(cc3N4c3ccc4c(c3)C(C)(C)CCC4(C)C)C(C)(C)CCC5(C)C)c3sc4ccc(C(C)(C)C)cc4c32)cc1. The number of rotatable bonds is 3. The highest BCUT2D eigenvalue weighted by Crippen LogP contribution is 2.54. The molecular weight excluding hydrogens is 816 g/mol. The normalized spacial score (nSPS) is 20.4. The van der Waals surface area contributed by atoms with Gasteiger partial charge in [0.2, 0.25) is 0 Å². The third-order valence-electron chi connectivity index (χ3n) is 17.7. The van der Waals surface area contributed by atoms with Crippen LogP contribution in [0.1, 0.15) is 200 Å². The number of benzene rings is 5. The van der Waals surface area contributed by atoms with E-state index in [1.165, 1.54) is 151 Å². The van der Waals surface area contributed by atoms with Gasteiger partial charge in [0.25, 0.3) is 6.71 Å². The third-order valence-corrected chi connectivity index (χ3v) is 18.9. The minimum atomic E-state index is 0.0319. The molecule has 5 aromatic carbocycles. The number of thiophene rings is 1. The lowest BCUT2D eigenvalue weighted by Crippen LogP contribution is -2.61. The molecule has 0 spiro atoms. The molecule has 1 fully saturated rings. The van der Waals surface area contributed by atoms with E-state index in [2.05, 4.69) is 203 Å². The molecular formula is C62H75BN2S. The average molecular weight is 891 g/mol. The molecule has 0 amide bonds. The van der Waals surface area contributed by atoms with Gasteiger partial charge in [0.1, 0.15) is 0 Å². The fourth-order valence-electron chi connectivity index (χ4n) is 13.1. The summed E-state index contributed by atoms with van der Waals surface area (Å²) in [5.74, 6) is 0.548. The summed E-state index contributed by atoms with van der Waals surface area (Å²) in [4.78, 5) is 5.52. The maximum absolute atomic E-state index is 2.78. The molecule has 1 aromatic heterocycles. The lowest BCUT2D eigenvalue weighted by Gasteiger charge is -2.47. The fourth-order valence-corrected chi connectivity index (χ4v) is 14.4. The number of anilines is 6. The Morgan fingerprint density at radius 3 is 1.65 bits per heavy atom. The second kappa shape index (κ2) is 14.6. The molecule has 0 bridgehead atoms. The quantitative estimate of drug-likeness (QED) is 0.163. The van der Waals surface area contributed by atoms with Gasteiger partial charge in [-0.05, 0) is 181 Å². The van der Waals surface area contributed by atoms with Crippen LogP contribution in [-0.4, -0.2) is 6.71 Å². The molecule has 5 aliphatic rings. The Morgan fingerprint density at radius 1 is 0.515 bits per heavy atom. The van der Waals surface area contributed by atoms with E-state index in [4.69, 9.17) is 0 Å². The third kappa shape index (κ3) is 6.82. The molecule has 0 N–H and O–H groups in total. The van der Waals surface area contributed by atoms with E-state index in [1.54, 1.807) is 5.56 Å². The molecule has 6 aromatic rings. The van der Waals surface area contributed by atoms with Crippen LogP contribution < -0.4 is 25.5 Å². The summed E-state index contributed by atoms with van der Waals surface area (Å²) >= 11 is 2.05. The first-order chi connectivity index (χ1) is 30.9. The molecule has 0 saturated heterocycles. The van der Waals surface area contributed by atoms with Crippen LogP contribution in [0.15, 0.2) is 84.9 Å². The van der Waals surface area contributed by atoms with Gasteiger partial charge in [-0.25, -0.2) is 0 Å². The Morgan fingerprint density at radius 2 is 1.05 bits per heavy atom. The summed E-state index contributed by atoms with van der Waals surface area (Å²) in [7, 11) is 0. The van der Waals surface area contributed by atoms with Crippen LogP contribution in [-0.2, 0) is 32.5 Å². The summed E-state index contributed by atoms with van der Waals surface area (Å²) in [6, 6.07) is 35.6. The first-order valence-corrected chi connectivity index (χ1v) is 26.6. The van der Waals surface area contributed by atoms with Crippen molar-refractivity contribution in [1.82, 2.24) is 0 Å². The highest BCUT2D eigenvalue weighted by atomic mass is 32.1. The summed E-state index contributed by atoms with van der Waals surface area (Å²) in [6.45, 7) is 34.2. The maximum atomic E-state index is 2.78. The number of hydrogen-bond donors (Lipinski definition) is 0. The molecule has 2 aliphatic heterocycles. The molecule has 66 heavy (non-hydrogen) atoms. The molecule has 4 heteroatoms. The molecule has 0 radical (unpaired) electrons. The topological polar surface area (TPSA) is 6.48 Å². The first-order valence-electron chi connectivity index (χ1n) is 25.7. The lowest BCUT2D eigenvalue weighted by molar-refractivity contribution is 0.332. The van der Waals surface area contributed by atoms with Crippen molar-refractivity contribution in [2.45, 2.75) is 193 Å². The van der Waals surface area contributed by atoms with Gasteiger partial charge in [-0.2, -0.15) is 0 Å². The van der Waals surface area contributed by atoms with Gasteiger partial charge in [-0.1, -0.05) is 147 Å². The van der Waals surface area contributed by atoms with Crippen LogP contribution in [0.3, 0.4) is 0 Å². The summed E-state index contributed by atoms with van der Waals surface area (Å²) in [5.41, 5.74) is 22.0. The van der Waals surface area contributed by atoms with Crippen LogP contribution >= 0.6 is 11.3 Å². The average Bonchev–Trinajstić information content (AvgIpc) is 3.64. The van der Waals surface area contributed by atoms with E-state index < -0.39 is 0 Å². The summed E-state index contributed by atoms with van der Waals surface area (Å²) in [6.07, 6.45) is 11.3. The van der Waals surface area contributed by atoms with E-state index in [1.807, 2.05) is 0 Å². The van der Waals surface area contributed by atoms with Crippen LogP contribution in [0.25, 0.3) is 10.1 Å². The van der Waals surface area contributed by atoms with E-state index >= 15 is 0 Å². The minimum Gasteiger partial charge on any atom is -0.311 e. The monoisotopic (exact) mass is 891 g/mol. The predicted molar refractivity (Wildman–Crippen MR) is 290 cm³/mol. The highest BCUT2D eigenvalue weighted by molar-refractivity contribution is 7.33. The van der Waals surface area contributed by atoms with Crippen molar-refractivity contribution < 1.29 is 0 Å². The molecule has 0 atom stereocenters. The van der Waals surface area contributed by atoms with Gasteiger partial charge in [0.05, 0.1) is 5.69 Å². The number of fused-ring (bicyclic) bond motifs is 8. The Kier molecular flexibility index (Phi) is 9.80. The van der Waals surface area contributed by atoms with Gasteiger partial charge in [-0.3, -0.25) is 0 Å². The molecule has 11 rings (SSSR count). The van der Waals surface area contributed by atoms with Crippen LogP contribution in [0.5, 0.6) is 0 Å². The lowest BCUT2D eigenvalue weighted by atomic mass is 9.35. The van der Waals surface area contributed by atoms with Crippen molar-refractivity contribution in [2.24, 2.45) is 0 Å². The van der Waals surface area contributed by atoms with Crippen molar-refractivity contribution in [1.29, 1.82) is 0 Å². The number of nitrogens with zero attached hydrogens (tertiary/aromatic N) is 2. The molecule has 3 heterocycles. The molecule has 0 unspecified atom stereocenters. The van der Waals surface area contributed by atoms with Crippen molar-refractivity contribution >= 4 is 78.0 Å². The zero-order chi connectivity index (χ0) is 46.7. The van der Waals surface area contributed by atoms with E-state index in [9.17, 15) is 0 Å². The highest BCUT2D eigenvalue weighted by Gasteiger charge is 2.49. The van der Waals surface area contributed by atoms with Gasteiger partial charge in [-0.15, -0.1) is 11.3 Å². The summed E-state index contributed by atoms with van der Waals surface area (Å²) < 4.78 is 2.87. The van der Waals surface area contributed by atoms with Crippen molar-refractivity contribution in [3.8, 4) is 0 Å². The Bertz CT molecular complexity index is 2940. The smallest absolute Gasteiger partial charge is 0.264 e. The van der Waals surface area contributed by atoms with Gasteiger partial charge in [0.15, 0.2) is 0 Å². The summed E-state index contributed by atoms with van der Waals surface area (Å²) in [5, 5.41) is 1.39. The van der Waals surface area contributed by atoms with Crippen molar-refractivity contribution in [3.05, 3.63) is 124 Å². The van der Waals surface area contributed by atoms with Crippen LogP contribution in [0, 0.1) is 0 Å². The van der Waals surface area contributed by atoms with Crippen LogP contribution in [0.2, 0.25) is 0 Å². The van der Waals surface area contributed by atoms with Gasteiger partial charge >= 0.3 is 0 Å². The van der Waals surface area contributed by atoms with E-state index in [-0.39, 0.29) is 39.2 Å². The first kappa shape index (κ1) is 44.2. The second-order valence-electron chi connectivity index (χ2n) is 26.2. The molecule has 3 aliphatic carbocycles. The Hall–Kier alpha value is -4.28. The Labute approximate surface area is 402 Å². The molecule has 1 saturated carbocycles. The zero-order valence-electron chi connectivity index (χ0n) is 42.9. The van der Waals surface area contributed by atoms with Crippen LogP contribution in [0.4, 0.5) is 34.1 Å². The molecule has 2 nitrogen and oxygen atoms in total. The predicted octanol–water partition coefficient (Wildman–Crippen LogP) is 16.3. The van der Waals surface area contributed by atoms with Gasteiger partial charge < -0.3 is 9.80 Å². The Balaban J connectivity index is 1.28. The standard InChI is InChI=1S/C62H75BN2S/c1-57(2,3)40-20-23-42(24-21-40)65-52-33-39(38-18-16-15-17-19-38)32-51-54(52)63(56-55(65)44-34-41(58(4,5)6)22-27-53(44)66-56)49-36-47-48(62(13,14)31-30-61(47,11)12)37-50(49)64(51)43-25-26-45-46(35-43)60(9,10)29-28-59(45,7)8/h20-27,32-38H,15-19,28-31H2,1-14H3. The van der Waals surface area contributed by atoms with E-state index in [0.717, 1.165) is 0 Å². The maximum Gasteiger partial charge on any atom is 0.264 e. The number of hydrogen-bond acceptors (Lipinski definition) is 3. The minimum absolute atomic E-state index is 0.0319. The zero-order valence-corrected chi connectivity index (χ0v) is 43.7.